The third-order valence-electron chi connectivity index (χ3n) is 6.75. The van der Waals surface area contributed by atoms with Crippen LogP contribution < -0.4 is 30.4 Å². The van der Waals surface area contributed by atoms with Gasteiger partial charge in [0.1, 0.15) is 45.8 Å². The first-order chi connectivity index (χ1) is 22.4. The van der Waals surface area contributed by atoms with Crippen LogP contribution in [-0.4, -0.2) is 58.8 Å². The number of nitrogens with two attached hydrogens (primary N) is 2. The third-order valence-corrected chi connectivity index (χ3v) is 6.75. The number of rotatable bonds is 8. The SMILES string of the molecule is COc1cc(OC)cc(-c2nnc(N)nc2-c2ccccc2)c1.COc1cc(OC)cc(-c2nnc(N)nc2-c2ccccc2)c1. The first-order valence-electron chi connectivity index (χ1n) is 14.0. The minimum Gasteiger partial charge on any atom is -0.497 e. The van der Waals surface area contributed by atoms with Crippen LogP contribution in [0.4, 0.5) is 11.9 Å². The number of nitrogen functional groups attached to an aromatic ring is 2. The Labute approximate surface area is 266 Å². The molecule has 0 aliphatic carbocycles. The molecule has 46 heavy (non-hydrogen) atoms. The number of methoxy groups -OCH3 is 4. The Balaban J connectivity index is 0.000000181. The van der Waals surface area contributed by atoms with E-state index in [1.165, 1.54) is 0 Å². The Morgan fingerprint density at radius 1 is 0.391 bits per heavy atom. The standard InChI is InChI=1S/2C17H16N4O2/c2*1-22-13-8-12(9-14(10-13)23-2)16-15(19-17(18)21-20-16)11-6-4-3-5-7-11/h2*3-10H,1-2H3,(H2,18,19,21). The van der Waals surface area contributed by atoms with Crippen LogP contribution in [0.25, 0.3) is 45.0 Å². The zero-order chi connectivity index (χ0) is 32.5. The topological polar surface area (TPSA) is 166 Å². The summed E-state index contributed by atoms with van der Waals surface area (Å²) in [5.41, 5.74) is 17.4. The molecule has 12 nitrogen and oxygen atoms in total. The molecule has 0 radical (unpaired) electrons. The first-order valence-corrected chi connectivity index (χ1v) is 14.0. The minimum absolute atomic E-state index is 0.127. The van der Waals surface area contributed by atoms with Gasteiger partial charge in [0.05, 0.1) is 28.4 Å². The zero-order valence-corrected chi connectivity index (χ0v) is 25.7. The first kappa shape index (κ1) is 31.1. The van der Waals surface area contributed by atoms with Gasteiger partial charge < -0.3 is 30.4 Å². The van der Waals surface area contributed by atoms with E-state index in [0.717, 1.165) is 22.3 Å². The molecule has 6 rings (SSSR count). The monoisotopic (exact) mass is 616 g/mol. The second-order valence-electron chi connectivity index (χ2n) is 9.67. The van der Waals surface area contributed by atoms with Gasteiger partial charge in [-0.15, -0.1) is 20.4 Å². The van der Waals surface area contributed by atoms with Crippen molar-refractivity contribution in [2.45, 2.75) is 0 Å². The van der Waals surface area contributed by atoms with Crippen LogP contribution in [0.3, 0.4) is 0 Å². The predicted octanol–water partition coefficient (Wildman–Crippen LogP) is 5.61. The van der Waals surface area contributed by atoms with Gasteiger partial charge in [0.15, 0.2) is 0 Å². The lowest BCUT2D eigenvalue weighted by Crippen LogP contribution is -2.02. The van der Waals surface area contributed by atoms with Crippen molar-refractivity contribution >= 4 is 11.9 Å². The maximum Gasteiger partial charge on any atom is 0.240 e. The van der Waals surface area contributed by atoms with Crippen molar-refractivity contribution in [2.75, 3.05) is 39.9 Å². The highest BCUT2D eigenvalue weighted by molar-refractivity contribution is 5.80. The van der Waals surface area contributed by atoms with E-state index in [2.05, 4.69) is 30.4 Å². The normalized spacial score (nSPS) is 10.3. The highest BCUT2D eigenvalue weighted by Crippen LogP contribution is 2.35. The van der Waals surface area contributed by atoms with Crippen LogP contribution in [-0.2, 0) is 0 Å². The highest BCUT2D eigenvalue weighted by atomic mass is 16.5. The number of nitrogens with zero attached hydrogens (tertiary/aromatic N) is 6. The van der Waals surface area contributed by atoms with Gasteiger partial charge in [0, 0.05) is 34.4 Å². The number of hydrogen-bond acceptors (Lipinski definition) is 12. The van der Waals surface area contributed by atoms with E-state index in [9.17, 15) is 0 Å². The van der Waals surface area contributed by atoms with E-state index < -0.39 is 0 Å². The van der Waals surface area contributed by atoms with Gasteiger partial charge in [0.2, 0.25) is 11.9 Å². The minimum atomic E-state index is 0.127. The van der Waals surface area contributed by atoms with E-state index in [-0.39, 0.29) is 11.9 Å². The summed E-state index contributed by atoms with van der Waals surface area (Å²) >= 11 is 0. The van der Waals surface area contributed by atoms with Gasteiger partial charge in [-0.3, -0.25) is 0 Å². The third kappa shape index (κ3) is 7.25. The average molecular weight is 617 g/mol. The summed E-state index contributed by atoms with van der Waals surface area (Å²) in [4.78, 5) is 8.71. The van der Waals surface area contributed by atoms with Gasteiger partial charge in [-0.2, -0.15) is 0 Å². The summed E-state index contributed by atoms with van der Waals surface area (Å²) in [6.07, 6.45) is 0. The van der Waals surface area contributed by atoms with Gasteiger partial charge in [-0.25, -0.2) is 9.97 Å². The molecule has 12 heteroatoms. The van der Waals surface area contributed by atoms with E-state index in [1.54, 1.807) is 40.6 Å². The van der Waals surface area contributed by atoms with E-state index in [0.29, 0.717) is 45.8 Å². The van der Waals surface area contributed by atoms with Crippen LogP contribution in [0.2, 0.25) is 0 Å². The van der Waals surface area contributed by atoms with Gasteiger partial charge in [-0.05, 0) is 24.3 Å². The average Bonchev–Trinajstić information content (AvgIpc) is 3.12. The quantitative estimate of drug-likeness (QED) is 0.217. The molecule has 0 saturated heterocycles. The number of aromatic nitrogens is 6. The fourth-order valence-electron chi connectivity index (χ4n) is 4.55. The maximum atomic E-state index is 5.72. The molecule has 2 aromatic heterocycles. The van der Waals surface area contributed by atoms with Gasteiger partial charge in [-0.1, -0.05) is 60.7 Å². The van der Waals surface area contributed by atoms with E-state index in [1.807, 2.05) is 84.9 Å². The van der Waals surface area contributed by atoms with E-state index >= 15 is 0 Å². The van der Waals surface area contributed by atoms with Crippen molar-refractivity contribution < 1.29 is 18.9 Å². The Morgan fingerprint density at radius 3 is 1.02 bits per heavy atom. The van der Waals surface area contributed by atoms with Crippen molar-refractivity contribution in [3.63, 3.8) is 0 Å². The predicted molar refractivity (Wildman–Crippen MR) is 176 cm³/mol. The van der Waals surface area contributed by atoms with Crippen molar-refractivity contribution in [3.05, 3.63) is 97.1 Å². The summed E-state index contributed by atoms with van der Waals surface area (Å²) < 4.78 is 21.3. The largest absolute Gasteiger partial charge is 0.497 e. The molecule has 232 valence electrons. The van der Waals surface area contributed by atoms with Crippen LogP contribution in [0.1, 0.15) is 0 Å². The molecule has 4 N–H and O–H groups in total. The smallest absolute Gasteiger partial charge is 0.240 e. The maximum absolute atomic E-state index is 5.72. The summed E-state index contributed by atoms with van der Waals surface area (Å²) in [5.74, 6) is 2.91. The molecule has 0 amide bonds. The second-order valence-corrected chi connectivity index (χ2v) is 9.67. The van der Waals surface area contributed by atoms with Crippen molar-refractivity contribution in [1.82, 2.24) is 30.4 Å². The molecule has 0 unspecified atom stereocenters. The van der Waals surface area contributed by atoms with Crippen LogP contribution in [0.5, 0.6) is 23.0 Å². The Kier molecular flexibility index (Phi) is 9.78. The number of benzene rings is 4. The highest BCUT2D eigenvalue weighted by Gasteiger charge is 2.16. The molecule has 2 heterocycles. The second kappa shape index (κ2) is 14.4. The summed E-state index contributed by atoms with van der Waals surface area (Å²) in [7, 11) is 6.40. The van der Waals surface area contributed by atoms with Crippen molar-refractivity contribution in [3.8, 4) is 68.0 Å². The zero-order valence-electron chi connectivity index (χ0n) is 25.7. The van der Waals surface area contributed by atoms with Crippen LogP contribution in [0, 0.1) is 0 Å². The summed E-state index contributed by atoms with van der Waals surface area (Å²) in [6.45, 7) is 0. The molecule has 0 fully saturated rings. The Hall–Kier alpha value is -6.30. The van der Waals surface area contributed by atoms with Crippen LogP contribution >= 0.6 is 0 Å². The van der Waals surface area contributed by atoms with E-state index in [4.69, 9.17) is 30.4 Å². The molecular weight excluding hydrogens is 584 g/mol. The molecule has 0 bridgehead atoms. The molecule has 0 aliphatic heterocycles. The number of ether oxygens (including phenoxy) is 4. The molecule has 4 aromatic carbocycles. The fraction of sp³-hybridized carbons (Fsp3) is 0.118. The summed E-state index contributed by atoms with van der Waals surface area (Å²) in [6, 6.07) is 30.4. The lowest BCUT2D eigenvalue weighted by atomic mass is 10.0. The molecule has 0 saturated carbocycles. The number of anilines is 2. The van der Waals surface area contributed by atoms with Crippen molar-refractivity contribution in [1.29, 1.82) is 0 Å². The molecule has 6 aromatic rings. The lowest BCUT2D eigenvalue weighted by Gasteiger charge is -2.11. The fourth-order valence-corrected chi connectivity index (χ4v) is 4.55. The Morgan fingerprint density at radius 2 is 0.717 bits per heavy atom. The molecular formula is C34H32N8O4. The molecule has 0 spiro atoms. The summed E-state index contributed by atoms with van der Waals surface area (Å²) in [5, 5.41) is 16.2. The van der Waals surface area contributed by atoms with Gasteiger partial charge >= 0.3 is 0 Å². The van der Waals surface area contributed by atoms with Crippen molar-refractivity contribution in [2.24, 2.45) is 0 Å². The molecule has 0 aliphatic rings. The molecule has 0 atom stereocenters. The lowest BCUT2D eigenvalue weighted by molar-refractivity contribution is 0.394. The number of hydrogen-bond donors (Lipinski definition) is 2. The van der Waals surface area contributed by atoms with Crippen LogP contribution in [0.15, 0.2) is 97.1 Å². The Bertz CT molecular complexity index is 1740. The van der Waals surface area contributed by atoms with Gasteiger partial charge in [0.25, 0.3) is 0 Å².